The van der Waals surface area contributed by atoms with Crippen molar-refractivity contribution in [3.8, 4) is 0 Å². The van der Waals surface area contributed by atoms with Crippen LogP contribution in [0.1, 0.15) is 32.4 Å². The van der Waals surface area contributed by atoms with Gasteiger partial charge in [-0.05, 0) is 20.0 Å². The molecule has 130 valence electrons. The van der Waals surface area contributed by atoms with Gasteiger partial charge in [0.1, 0.15) is 0 Å². The molecule has 0 aromatic carbocycles. The number of likely N-dealkylation sites (N-methyl/N-ethyl adjacent to an activating group) is 1. The minimum atomic E-state index is -3.13. The summed E-state index contributed by atoms with van der Waals surface area (Å²) in [4.78, 5) is 16.4. The lowest BCUT2D eigenvalue weighted by atomic mass is 10.1. The summed E-state index contributed by atoms with van der Waals surface area (Å²) in [5, 5.41) is 4.22. The molecule has 0 spiro atoms. The monoisotopic (exact) mass is 342 g/mol. The Morgan fingerprint density at radius 1 is 1.35 bits per heavy atom. The maximum absolute atomic E-state index is 12.7. The van der Waals surface area contributed by atoms with Crippen molar-refractivity contribution in [3.05, 3.63) is 18.0 Å². The van der Waals surface area contributed by atoms with Crippen LogP contribution in [-0.2, 0) is 21.2 Å². The molecule has 1 fully saturated rings. The third kappa shape index (κ3) is 4.32. The Morgan fingerprint density at radius 3 is 2.61 bits per heavy atom. The normalized spacial score (nSPS) is 20.9. The van der Waals surface area contributed by atoms with Crippen molar-refractivity contribution < 1.29 is 13.2 Å². The number of amides is 1. The Balaban J connectivity index is 2.23. The highest BCUT2D eigenvalue weighted by molar-refractivity contribution is 7.91. The molecule has 0 bridgehead atoms. The second-order valence-corrected chi connectivity index (χ2v) is 8.04. The minimum Gasteiger partial charge on any atom is -0.332 e. The highest BCUT2D eigenvalue weighted by Crippen LogP contribution is 2.26. The summed E-state index contributed by atoms with van der Waals surface area (Å²) in [5.41, 5.74) is 0.794. The molecular formula is C15H26N4O3S. The zero-order valence-corrected chi connectivity index (χ0v) is 14.9. The molecule has 1 aromatic rings. The summed E-state index contributed by atoms with van der Waals surface area (Å²) in [6, 6.07) is -0.433. The van der Waals surface area contributed by atoms with Gasteiger partial charge in [-0.15, -0.1) is 0 Å². The summed E-state index contributed by atoms with van der Waals surface area (Å²) in [6.45, 7) is 8.89. The van der Waals surface area contributed by atoms with Gasteiger partial charge < -0.3 is 4.90 Å². The molecule has 23 heavy (non-hydrogen) atoms. The smallest absolute Gasteiger partial charge is 0.237 e. The number of hydrogen-bond acceptors (Lipinski definition) is 5. The van der Waals surface area contributed by atoms with Gasteiger partial charge in [0.2, 0.25) is 5.91 Å². The van der Waals surface area contributed by atoms with Crippen molar-refractivity contribution in [1.29, 1.82) is 0 Å². The lowest BCUT2D eigenvalue weighted by Crippen LogP contribution is -2.49. The maximum atomic E-state index is 12.7. The fourth-order valence-electron chi connectivity index (χ4n) is 2.84. The number of aryl methyl sites for hydroxylation is 1. The molecule has 0 N–H and O–H groups in total. The van der Waals surface area contributed by atoms with Crippen LogP contribution in [0.5, 0.6) is 0 Å². The van der Waals surface area contributed by atoms with Crippen LogP contribution in [0.4, 0.5) is 0 Å². The van der Waals surface area contributed by atoms with Crippen molar-refractivity contribution in [2.45, 2.75) is 33.4 Å². The van der Waals surface area contributed by atoms with Gasteiger partial charge in [-0.1, -0.05) is 13.8 Å². The quantitative estimate of drug-likeness (QED) is 0.754. The second kappa shape index (κ2) is 7.44. The van der Waals surface area contributed by atoms with Gasteiger partial charge in [-0.2, -0.15) is 5.10 Å². The Hall–Kier alpha value is -1.41. The zero-order valence-electron chi connectivity index (χ0n) is 14.1. The molecule has 7 nitrogen and oxygen atoms in total. The van der Waals surface area contributed by atoms with E-state index in [0.717, 1.165) is 18.7 Å². The number of carbonyl (C=O) groups excluding carboxylic acids is 1. The fourth-order valence-corrected chi connectivity index (χ4v) is 4.33. The summed E-state index contributed by atoms with van der Waals surface area (Å²) < 4.78 is 25.8. The van der Waals surface area contributed by atoms with Crippen molar-refractivity contribution in [2.24, 2.45) is 0 Å². The van der Waals surface area contributed by atoms with E-state index < -0.39 is 15.9 Å². The van der Waals surface area contributed by atoms with E-state index in [2.05, 4.69) is 5.10 Å². The van der Waals surface area contributed by atoms with Gasteiger partial charge in [0.15, 0.2) is 9.84 Å². The number of sulfone groups is 1. The number of carbonyl (C=O) groups is 1. The van der Waals surface area contributed by atoms with Crippen molar-refractivity contribution in [3.63, 3.8) is 0 Å². The molecule has 2 heterocycles. The Kier molecular flexibility index (Phi) is 5.80. The van der Waals surface area contributed by atoms with E-state index in [1.165, 1.54) is 0 Å². The van der Waals surface area contributed by atoms with Crippen LogP contribution in [0.15, 0.2) is 12.4 Å². The summed E-state index contributed by atoms with van der Waals surface area (Å²) in [6.07, 6.45) is 3.51. The third-order valence-corrected chi connectivity index (χ3v) is 6.00. The lowest BCUT2D eigenvalue weighted by Gasteiger charge is -2.36. The summed E-state index contributed by atoms with van der Waals surface area (Å²) in [5.74, 6) is -0.000204. The van der Waals surface area contributed by atoms with Crippen LogP contribution < -0.4 is 0 Å². The molecule has 1 amide bonds. The lowest BCUT2D eigenvalue weighted by molar-refractivity contribution is -0.134. The topological polar surface area (TPSA) is 75.5 Å². The predicted octanol–water partition coefficient (Wildman–Crippen LogP) is 0.543. The van der Waals surface area contributed by atoms with Gasteiger partial charge in [0, 0.05) is 24.8 Å². The molecule has 0 radical (unpaired) electrons. The average Bonchev–Trinajstić information content (AvgIpc) is 3.00. The standard InChI is InChI=1S/C15H26N4O3S/c1-4-17(5-2)11-15(20)19-7-8-23(21,22)12-14(19)13-9-16-18(6-3)10-13/h9-10,14H,4-8,11-12H2,1-3H3/t14-/m1/s1. The Bertz CT molecular complexity index is 637. The molecule has 0 unspecified atom stereocenters. The van der Waals surface area contributed by atoms with Crippen LogP contribution in [0.25, 0.3) is 0 Å². The first-order valence-corrected chi connectivity index (χ1v) is 9.96. The van der Waals surface area contributed by atoms with Crippen molar-refractivity contribution in [2.75, 3.05) is 37.7 Å². The predicted molar refractivity (Wildman–Crippen MR) is 88.8 cm³/mol. The van der Waals surface area contributed by atoms with E-state index in [4.69, 9.17) is 0 Å². The van der Waals surface area contributed by atoms with Gasteiger partial charge in [0.05, 0.1) is 30.3 Å². The van der Waals surface area contributed by atoms with E-state index in [0.29, 0.717) is 13.1 Å². The minimum absolute atomic E-state index is 0.0159. The largest absolute Gasteiger partial charge is 0.332 e. The molecule has 1 atom stereocenters. The molecule has 0 aliphatic carbocycles. The molecule has 1 aliphatic heterocycles. The van der Waals surface area contributed by atoms with E-state index in [1.54, 1.807) is 15.8 Å². The first-order valence-electron chi connectivity index (χ1n) is 8.14. The van der Waals surface area contributed by atoms with Crippen LogP contribution in [0.2, 0.25) is 0 Å². The maximum Gasteiger partial charge on any atom is 0.237 e. The van der Waals surface area contributed by atoms with Gasteiger partial charge in [-0.3, -0.25) is 14.4 Å². The highest BCUT2D eigenvalue weighted by Gasteiger charge is 2.35. The Morgan fingerprint density at radius 2 is 2.04 bits per heavy atom. The van der Waals surface area contributed by atoms with E-state index in [-0.39, 0.29) is 24.0 Å². The molecule has 1 saturated heterocycles. The van der Waals surface area contributed by atoms with E-state index in [9.17, 15) is 13.2 Å². The van der Waals surface area contributed by atoms with Crippen LogP contribution in [0, 0.1) is 0 Å². The van der Waals surface area contributed by atoms with Gasteiger partial charge >= 0.3 is 0 Å². The van der Waals surface area contributed by atoms with Gasteiger partial charge in [-0.25, -0.2) is 8.42 Å². The van der Waals surface area contributed by atoms with Gasteiger partial charge in [0.25, 0.3) is 0 Å². The summed E-state index contributed by atoms with van der Waals surface area (Å²) >= 11 is 0. The van der Waals surface area contributed by atoms with Crippen LogP contribution >= 0.6 is 0 Å². The highest BCUT2D eigenvalue weighted by atomic mass is 32.2. The molecule has 1 aromatic heterocycles. The number of rotatable bonds is 6. The molecule has 0 saturated carbocycles. The van der Waals surface area contributed by atoms with E-state index >= 15 is 0 Å². The van der Waals surface area contributed by atoms with Crippen molar-refractivity contribution >= 4 is 15.7 Å². The average molecular weight is 342 g/mol. The van der Waals surface area contributed by atoms with Crippen LogP contribution in [0.3, 0.4) is 0 Å². The van der Waals surface area contributed by atoms with E-state index in [1.807, 2.05) is 31.9 Å². The first kappa shape index (κ1) is 17.9. The molecule has 1 aliphatic rings. The number of aromatic nitrogens is 2. The number of hydrogen-bond donors (Lipinski definition) is 0. The van der Waals surface area contributed by atoms with Crippen molar-refractivity contribution in [1.82, 2.24) is 19.6 Å². The third-order valence-electron chi connectivity index (χ3n) is 4.37. The molecular weight excluding hydrogens is 316 g/mol. The molecule has 2 rings (SSSR count). The van der Waals surface area contributed by atoms with Crippen LogP contribution in [-0.4, -0.2) is 71.6 Å². The SMILES string of the molecule is CCN(CC)CC(=O)N1CCS(=O)(=O)C[C@@H]1c1cnn(CC)c1. The first-order chi connectivity index (χ1) is 10.9. The second-order valence-electron chi connectivity index (χ2n) is 5.81. The fraction of sp³-hybridized carbons (Fsp3) is 0.733. The zero-order chi connectivity index (χ0) is 17.0. The summed E-state index contributed by atoms with van der Waals surface area (Å²) in [7, 11) is -3.13. The number of nitrogens with zero attached hydrogens (tertiary/aromatic N) is 4. The molecule has 8 heteroatoms. The Labute approximate surface area is 138 Å².